The predicted octanol–water partition coefficient (Wildman–Crippen LogP) is 5.47. The molecule has 1 N–H and O–H groups in total. The molecule has 36 heavy (non-hydrogen) atoms. The van der Waals surface area contributed by atoms with Crippen molar-refractivity contribution in [2.45, 2.75) is 39.3 Å². The molecule has 2 heterocycles. The Hall–Kier alpha value is -3.77. The summed E-state index contributed by atoms with van der Waals surface area (Å²) in [6.07, 6.45) is 1.83. The number of aromatic nitrogens is 2. The van der Waals surface area contributed by atoms with E-state index in [4.69, 9.17) is 4.52 Å². The van der Waals surface area contributed by atoms with Gasteiger partial charge in [0.1, 0.15) is 0 Å². The highest BCUT2D eigenvalue weighted by atomic mass is 16.5. The van der Waals surface area contributed by atoms with E-state index in [-0.39, 0.29) is 17.9 Å². The maximum atomic E-state index is 13.5. The smallest absolute Gasteiger partial charge is 0.241 e. The van der Waals surface area contributed by atoms with E-state index in [1.807, 2.05) is 55.5 Å². The predicted molar refractivity (Wildman–Crippen MR) is 140 cm³/mol. The highest BCUT2D eigenvalue weighted by molar-refractivity contribution is 5.80. The number of amides is 1. The number of hydrogen-bond acceptors (Lipinski definition) is 5. The Morgan fingerprint density at radius 2 is 1.81 bits per heavy atom. The quantitative estimate of drug-likeness (QED) is 0.380. The molecule has 1 amide bonds. The maximum absolute atomic E-state index is 13.5. The van der Waals surface area contributed by atoms with Gasteiger partial charge in [-0.05, 0) is 49.9 Å². The number of carbonyl (C=O) groups is 1. The monoisotopic (exact) mass is 480 g/mol. The summed E-state index contributed by atoms with van der Waals surface area (Å²) in [5, 5.41) is 7.53. The first-order valence-electron chi connectivity index (χ1n) is 12.6. The van der Waals surface area contributed by atoms with Crippen molar-refractivity contribution in [3.63, 3.8) is 0 Å². The van der Waals surface area contributed by atoms with Crippen LogP contribution in [0.25, 0.3) is 11.4 Å². The minimum absolute atomic E-state index is 0.0844. The Labute approximate surface area is 212 Å². The summed E-state index contributed by atoms with van der Waals surface area (Å²) < 4.78 is 5.56. The van der Waals surface area contributed by atoms with E-state index in [1.165, 1.54) is 5.56 Å². The van der Waals surface area contributed by atoms with Gasteiger partial charge in [-0.1, -0.05) is 89.6 Å². The van der Waals surface area contributed by atoms with Gasteiger partial charge < -0.3 is 9.84 Å². The fraction of sp³-hybridized carbons (Fsp3) is 0.300. The van der Waals surface area contributed by atoms with E-state index in [9.17, 15) is 4.79 Å². The largest absolute Gasteiger partial charge is 0.345 e. The van der Waals surface area contributed by atoms with Crippen LogP contribution in [-0.4, -0.2) is 34.0 Å². The van der Waals surface area contributed by atoms with Crippen molar-refractivity contribution in [2.75, 3.05) is 13.1 Å². The van der Waals surface area contributed by atoms with Crippen LogP contribution >= 0.6 is 0 Å². The molecule has 2 atom stereocenters. The second-order valence-corrected chi connectivity index (χ2v) is 9.67. The van der Waals surface area contributed by atoms with Crippen molar-refractivity contribution in [1.82, 2.24) is 20.4 Å². The van der Waals surface area contributed by atoms with Crippen LogP contribution in [0.5, 0.6) is 0 Å². The van der Waals surface area contributed by atoms with Crippen molar-refractivity contribution in [2.24, 2.45) is 5.92 Å². The second kappa shape index (κ2) is 10.9. The lowest BCUT2D eigenvalue weighted by Crippen LogP contribution is -2.43. The van der Waals surface area contributed by atoms with Crippen LogP contribution in [0.4, 0.5) is 0 Å². The van der Waals surface area contributed by atoms with Crippen LogP contribution < -0.4 is 5.32 Å². The molecule has 0 radical (unpaired) electrons. The summed E-state index contributed by atoms with van der Waals surface area (Å²) in [6.45, 7) is 6.24. The summed E-state index contributed by atoms with van der Waals surface area (Å²) in [5.74, 6) is 1.18. The second-order valence-electron chi connectivity index (χ2n) is 9.67. The van der Waals surface area contributed by atoms with Gasteiger partial charge in [0, 0.05) is 12.1 Å². The molecule has 1 aromatic heterocycles. The number of piperidine rings is 1. The highest BCUT2D eigenvalue weighted by Gasteiger charge is 2.29. The molecule has 0 aliphatic carbocycles. The Morgan fingerprint density at radius 3 is 2.61 bits per heavy atom. The molecular formula is C30H32N4O2. The van der Waals surface area contributed by atoms with Crippen LogP contribution in [-0.2, 0) is 11.3 Å². The molecule has 6 heteroatoms. The topological polar surface area (TPSA) is 71.3 Å². The average molecular weight is 481 g/mol. The van der Waals surface area contributed by atoms with Gasteiger partial charge in [0.2, 0.25) is 17.6 Å². The summed E-state index contributed by atoms with van der Waals surface area (Å²) >= 11 is 0. The maximum Gasteiger partial charge on any atom is 0.241 e. The van der Waals surface area contributed by atoms with E-state index in [1.54, 1.807) is 0 Å². The van der Waals surface area contributed by atoms with Crippen molar-refractivity contribution >= 4 is 5.91 Å². The molecule has 5 rings (SSSR count). The van der Waals surface area contributed by atoms with Crippen LogP contribution in [0.1, 0.15) is 47.0 Å². The zero-order valence-electron chi connectivity index (χ0n) is 20.9. The lowest BCUT2D eigenvalue weighted by atomic mass is 9.93. The first-order chi connectivity index (χ1) is 17.6. The first kappa shape index (κ1) is 23.9. The van der Waals surface area contributed by atoms with Gasteiger partial charge >= 0.3 is 0 Å². The first-order valence-corrected chi connectivity index (χ1v) is 12.6. The molecule has 4 aromatic rings. The minimum Gasteiger partial charge on any atom is -0.345 e. The molecular weight excluding hydrogens is 448 g/mol. The summed E-state index contributed by atoms with van der Waals surface area (Å²) in [4.78, 5) is 20.3. The molecule has 2 unspecified atom stereocenters. The zero-order chi connectivity index (χ0) is 24.9. The highest BCUT2D eigenvalue weighted by Crippen LogP contribution is 2.26. The fourth-order valence-electron chi connectivity index (χ4n) is 4.97. The third-order valence-electron chi connectivity index (χ3n) is 6.88. The fourth-order valence-corrected chi connectivity index (χ4v) is 4.97. The van der Waals surface area contributed by atoms with E-state index in [2.05, 4.69) is 57.6 Å². The van der Waals surface area contributed by atoms with E-state index in [0.29, 0.717) is 24.8 Å². The Morgan fingerprint density at radius 1 is 1.03 bits per heavy atom. The van der Waals surface area contributed by atoms with Crippen LogP contribution in [0, 0.1) is 19.8 Å². The van der Waals surface area contributed by atoms with Crippen molar-refractivity contribution in [3.05, 3.63) is 107 Å². The summed E-state index contributed by atoms with van der Waals surface area (Å²) in [6, 6.07) is 26.4. The van der Waals surface area contributed by atoms with E-state index >= 15 is 0 Å². The normalized spacial score (nSPS) is 17.0. The third-order valence-corrected chi connectivity index (χ3v) is 6.88. The van der Waals surface area contributed by atoms with Crippen molar-refractivity contribution in [1.29, 1.82) is 0 Å². The van der Waals surface area contributed by atoms with Gasteiger partial charge in [-0.25, -0.2) is 0 Å². The van der Waals surface area contributed by atoms with Crippen LogP contribution in [0.2, 0.25) is 0 Å². The number of nitrogens with one attached hydrogen (secondary N) is 1. The van der Waals surface area contributed by atoms with Gasteiger partial charge in [0.15, 0.2) is 0 Å². The molecule has 0 bridgehead atoms. The summed E-state index contributed by atoms with van der Waals surface area (Å²) in [5.41, 5.74) is 5.44. The standard InChI is InChI=1S/C30H32N4O2/c1-21-10-8-14-24(18-21)28(23-12-4-3-5-13-23)32-30(35)25-15-9-17-34(19-25)20-27-31-29(33-36-27)26-16-7-6-11-22(26)2/h3-8,10-14,16,18,25,28H,9,15,17,19-20H2,1-2H3,(H,32,35). The Kier molecular flexibility index (Phi) is 7.23. The Balaban J connectivity index is 1.27. The van der Waals surface area contributed by atoms with Gasteiger partial charge in [0.25, 0.3) is 0 Å². The average Bonchev–Trinajstić information content (AvgIpc) is 3.36. The molecule has 3 aromatic carbocycles. The molecule has 6 nitrogen and oxygen atoms in total. The zero-order valence-corrected chi connectivity index (χ0v) is 20.9. The van der Waals surface area contributed by atoms with Gasteiger partial charge in [-0.2, -0.15) is 4.98 Å². The van der Waals surface area contributed by atoms with E-state index in [0.717, 1.165) is 41.6 Å². The number of hydrogen-bond donors (Lipinski definition) is 1. The number of aryl methyl sites for hydroxylation is 2. The number of carbonyl (C=O) groups excluding carboxylic acids is 1. The SMILES string of the molecule is Cc1cccc(C(NC(=O)C2CCCN(Cc3nc(-c4ccccc4C)no3)C2)c2ccccc2)c1. The van der Waals surface area contributed by atoms with Crippen molar-refractivity contribution < 1.29 is 9.32 Å². The van der Waals surface area contributed by atoms with Crippen molar-refractivity contribution in [3.8, 4) is 11.4 Å². The molecule has 0 saturated carbocycles. The number of rotatable bonds is 7. The lowest BCUT2D eigenvalue weighted by molar-refractivity contribution is -0.127. The minimum atomic E-state index is -0.179. The number of benzene rings is 3. The molecule has 1 saturated heterocycles. The van der Waals surface area contributed by atoms with Gasteiger partial charge in [-0.15, -0.1) is 0 Å². The lowest BCUT2D eigenvalue weighted by Gasteiger charge is -2.32. The number of nitrogens with zero attached hydrogens (tertiary/aromatic N) is 3. The van der Waals surface area contributed by atoms with Gasteiger partial charge in [-0.3, -0.25) is 9.69 Å². The third kappa shape index (κ3) is 5.55. The van der Waals surface area contributed by atoms with E-state index < -0.39 is 0 Å². The molecule has 184 valence electrons. The van der Waals surface area contributed by atoms with Crippen LogP contribution in [0.15, 0.2) is 83.4 Å². The van der Waals surface area contributed by atoms with Gasteiger partial charge in [0.05, 0.1) is 18.5 Å². The number of likely N-dealkylation sites (tertiary alicyclic amines) is 1. The molecule has 1 fully saturated rings. The summed E-state index contributed by atoms with van der Waals surface area (Å²) in [7, 11) is 0. The molecule has 0 spiro atoms. The Bertz CT molecular complexity index is 1320. The van der Waals surface area contributed by atoms with Crippen LogP contribution in [0.3, 0.4) is 0 Å². The molecule has 1 aliphatic heterocycles. The molecule has 1 aliphatic rings.